The quantitative estimate of drug-likeness (QED) is 0.187. The smallest absolute Gasteiger partial charge is 0.416 e. The lowest BCUT2D eigenvalue weighted by atomic mass is 10.1. The predicted octanol–water partition coefficient (Wildman–Crippen LogP) is 6.07. The van der Waals surface area contributed by atoms with Gasteiger partial charge in [-0.2, -0.15) is 4.31 Å². The first-order valence-electron chi connectivity index (χ1n) is 14.2. The van der Waals surface area contributed by atoms with E-state index in [2.05, 4.69) is 15.0 Å². The van der Waals surface area contributed by atoms with Crippen LogP contribution in [0.3, 0.4) is 0 Å². The van der Waals surface area contributed by atoms with E-state index in [1.165, 1.54) is 27.9 Å². The molecule has 4 aromatic rings. The van der Waals surface area contributed by atoms with Crippen molar-refractivity contribution in [2.24, 2.45) is 0 Å². The van der Waals surface area contributed by atoms with Crippen molar-refractivity contribution >= 4 is 39.2 Å². The Morgan fingerprint density at radius 3 is 2.13 bits per heavy atom. The molecule has 0 unspecified atom stereocenters. The van der Waals surface area contributed by atoms with E-state index in [-0.39, 0.29) is 23.9 Å². The van der Waals surface area contributed by atoms with E-state index >= 15 is 0 Å². The highest BCUT2D eigenvalue weighted by molar-refractivity contribution is 7.89. The molecule has 0 radical (unpaired) electrons. The largest absolute Gasteiger partial charge is 0.459 e. The van der Waals surface area contributed by atoms with E-state index in [0.717, 1.165) is 21.0 Å². The predicted molar refractivity (Wildman–Crippen MR) is 172 cm³/mol. The standard InChI is InChI=1S/C32H37N5O6S2/c1-31(2,3)42-28(38)22-37(30(39)43-32(4,5)6)26-11-9-10-25(35-26)21-36(45(40,41)27-12-7-8-17-33-27)20-23-13-15-24(16-14-23)29-34-18-19-44-29/h7-19H,20-22H2,1-6H3. The van der Waals surface area contributed by atoms with Crippen LogP contribution in [0.4, 0.5) is 10.6 Å². The van der Waals surface area contributed by atoms with E-state index in [0.29, 0.717) is 5.69 Å². The van der Waals surface area contributed by atoms with Gasteiger partial charge in [0.05, 0.1) is 12.2 Å². The number of aromatic nitrogens is 3. The van der Waals surface area contributed by atoms with Crippen molar-refractivity contribution in [1.82, 2.24) is 19.3 Å². The second-order valence-corrected chi connectivity index (χ2v) is 14.9. The molecule has 0 aliphatic rings. The van der Waals surface area contributed by atoms with Gasteiger partial charge in [-0.15, -0.1) is 11.3 Å². The maximum absolute atomic E-state index is 13.8. The van der Waals surface area contributed by atoms with E-state index in [1.54, 1.807) is 78.1 Å². The summed E-state index contributed by atoms with van der Waals surface area (Å²) in [6, 6.07) is 17.0. The number of nitrogens with zero attached hydrogens (tertiary/aromatic N) is 5. The maximum atomic E-state index is 13.8. The summed E-state index contributed by atoms with van der Waals surface area (Å²) in [4.78, 5) is 40.1. The number of pyridine rings is 2. The average molecular weight is 652 g/mol. The number of benzene rings is 1. The molecule has 0 saturated heterocycles. The molecule has 13 heteroatoms. The Kier molecular flexibility index (Phi) is 10.4. The Morgan fingerprint density at radius 2 is 1.53 bits per heavy atom. The zero-order valence-corrected chi connectivity index (χ0v) is 27.8. The Morgan fingerprint density at radius 1 is 0.822 bits per heavy atom. The minimum Gasteiger partial charge on any atom is -0.459 e. The van der Waals surface area contributed by atoms with E-state index in [4.69, 9.17) is 9.47 Å². The van der Waals surface area contributed by atoms with Gasteiger partial charge in [0.25, 0.3) is 10.0 Å². The van der Waals surface area contributed by atoms with Gasteiger partial charge in [-0.3, -0.25) is 9.69 Å². The lowest BCUT2D eigenvalue weighted by molar-refractivity contribution is -0.153. The molecule has 4 rings (SSSR count). The normalized spacial score (nSPS) is 12.2. The highest BCUT2D eigenvalue weighted by Crippen LogP contribution is 2.25. The Balaban J connectivity index is 1.66. The van der Waals surface area contributed by atoms with Crippen LogP contribution < -0.4 is 4.90 Å². The van der Waals surface area contributed by atoms with Crippen LogP contribution in [0.2, 0.25) is 0 Å². The molecule has 0 aliphatic heterocycles. The summed E-state index contributed by atoms with van der Waals surface area (Å²) in [6.07, 6.45) is 2.35. The number of sulfonamides is 1. The van der Waals surface area contributed by atoms with Gasteiger partial charge in [-0.05, 0) is 71.4 Å². The number of ether oxygens (including phenoxy) is 2. The lowest BCUT2D eigenvalue weighted by Gasteiger charge is -2.28. The van der Waals surface area contributed by atoms with Crippen molar-refractivity contribution in [2.75, 3.05) is 11.4 Å². The molecule has 238 valence electrons. The van der Waals surface area contributed by atoms with Crippen LogP contribution in [0.1, 0.15) is 52.8 Å². The first-order valence-corrected chi connectivity index (χ1v) is 16.5. The number of rotatable bonds is 10. The fraction of sp³-hybridized carbons (Fsp3) is 0.344. The van der Waals surface area contributed by atoms with E-state index in [9.17, 15) is 18.0 Å². The second-order valence-electron chi connectivity index (χ2n) is 12.1. The number of carbonyl (C=O) groups excluding carboxylic acids is 2. The molecular formula is C32H37N5O6S2. The summed E-state index contributed by atoms with van der Waals surface area (Å²) < 4.78 is 39.9. The topological polar surface area (TPSA) is 132 Å². The fourth-order valence-electron chi connectivity index (χ4n) is 4.13. The van der Waals surface area contributed by atoms with Crippen LogP contribution in [-0.2, 0) is 37.4 Å². The van der Waals surface area contributed by atoms with Crippen molar-refractivity contribution in [3.63, 3.8) is 0 Å². The zero-order valence-electron chi connectivity index (χ0n) is 26.1. The van der Waals surface area contributed by atoms with Crippen LogP contribution in [0.25, 0.3) is 10.6 Å². The molecule has 3 aromatic heterocycles. The van der Waals surface area contributed by atoms with Crippen molar-refractivity contribution in [1.29, 1.82) is 0 Å². The maximum Gasteiger partial charge on any atom is 0.416 e. The Bertz CT molecular complexity index is 1700. The van der Waals surface area contributed by atoms with Gasteiger partial charge in [0.2, 0.25) is 0 Å². The Hall–Kier alpha value is -4.20. The van der Waals surface area contributed by atoms with Crippen molar-refractivity contribution in [3.8, 4) is 10.6 Å². The monoisotopic (exact) mass is 651 g/mol. The summed E-state index contributed by atoms with van der Waals surface area (Å²) in [5.41, 5.74) is 0.388. The summed E-state index contributed by atoms with van der Waals surface area (Å²) in [7, 11) is -4.07. The number of thiazole rings is 1. The zero-order chi connectivity index (χ0) is 32.8. The van der Waals surface area contributed by atoms with Crippen molar-refractivity contribution < 1.29 is 27.5 Å². The molecule has 0 N–H and O–H groups in total. The van der Waals surface area contributed by atoms with Crippen LogP contribution in [0, 0.1) is 0 Å². The number of esters is 1. The van der Waals surface area contributed by atoms with E-state index < -0.39 is 39.8 Å². The number of anilines is 1. The van der Waals surface area contributed by atoms with Gasteiger partial charge in [-0.25, -0.2) is 28.2 Å². The van der Waals surface area contributed by atoms with Gasteiger partial charge in [-0.1, -0.05) is 36.4 Å². The third-order valence-corrected chi connectivity index (χ3v) is 8.49. The SMILES string of the molecule is CC(C)(C)OC(=O)CN(C(=O)OC(C)(C)C)c1cccc(CN(Cc2ccc(-c3nccs3)cc2)S(=O)(=O)c2ccccn2)n1. The van der Waals surface area contributed by atoms with Crippen molar-refractivity contribution in [3.05, 3.63) is 89.7 Å². The molecule has 1 amide bonds. The molecular weight excluding hydrogens is 615 g/mol. The van der Waals surface area contributed by atoms with Gasteiger partial charge in [0.15, 0.2) is 5.03 Å². The van der Waals surface area contributed by atoms with E-state index in [1.807, 2.05) is 29.6 Å². The molecule has 0 fully saturated rings. The summed E-state index contributed by atoms with van der Waals surface area (Å²) in [6.45, 7) is 9.75. The minimum absolute atomic E-state index is 0.0245. The van der Waals surface area contributed by atoms with Gasteiger partial charge in [0, 0.05) is 29.9 Å². The summed E-state index contributed by atoms with van der Waals surface area (Å²) in [5, 5.41) is 2.64. The van der Waals surface area contributed by atoms with Crippen molar-refractivity contribution in [2.45, 2.75) is 70.9 Å². The third-order valence-electron chi connectivity index (χ3n) is 5.96. The minimum atomic E-state index is -4.07. The second kappa shape index (κ2) is 13.8. The van der Waals surface area contributed by atoms with Gasteiger partial charge >= 0.3 is 12.1 Å². The molecule has 45 heavy (non-hydrogen) atoms. The van der Waals surface area contributed by atoms with Crippen LogP contribution in [0.15, 0.2) is 83.5 Å². The van der Waals surface area contributed by atoms with Gasteiger partial charge < -0.3 is 9.47 Å². The first kappa shape index (κ1) is 33.7. The number of amides is 1. The van der Waals surface area contributed by atoms with Crippen LogP contribution in [0.5, 0.6) is 0 Å². The number of carbonyl (C=O) groups is 2. The average Bonchev–Trinajstić information content (AvgIpc) is 3.50. The first-order chi connectivity index (χ1) is 21.1. The highest BCUT2D eigenvalue weighted by Gasteiger charge is 2.30. The number of hydrogen-bond donors (Lipinski definition) is 0. The highest BCUT2D eigenvalue weighted by atomic mass is 32.2. The molecule has 0 saturated carbocycles. The molecule has 0 atom stereocenters. The number of hydrogen-bond acceptors (Lipinski definition) is 10. The molecule has 1 aromatic carbocycles. The third kappa shape index (κ3) is 9.64. The lowest BCUT2D eigenvalue weighted by Crippen LogP contribution is -2.42. The summed E-state index contributed by atoms with van der Waals surface area (Å²) in [5.74, 6) is -0.545. The molecule has 0 bridgehead atoms. The fourth-order valence-corrected chi connectivity index (χ4v) is 6.10. The molecule has 3 heterocycles. The molecule has 0 aliphatic carbocycles. The van der Waals surface area contributed by atoms with Crippen LogP contribution >= 0.6 is 11.3 Å². The Labute approximate surface area is 267 Å². The van der Waals surface area contributed by atoms with Gasteiger partial charge in [0.1, 0.15) is 28.6 Å². The molecule has 0 spiro atoms. The van der Waals surface area contributed by atoms with Crippen LogP contribution in [-0.4, -0.2) is 57.5 Å². The molecule has 11 nitrogen and oxygen atoms in total. The summed E-state index contributed by atoms with van der Waals surface area (Å²) >= 11 is 1.51.